The molecule has 110 valence electrons. The molecule has 0 aliphatic carbocycles. The fraction of sp³-hybridized carbons (Fsp3) is 0.400. The fourth-order valence-corrected chi connectivity index (χ4v) is 3.43. The zero-order valence-electron chi connectivity index (χ0n) is 11.6. The van der Waals surface area contributed by atoms with E-state index in [4.69, 9.17) is 0 Å². The Balaban J connectivity index is 1.68. The number of rotatable bonds is 3. The molecular formula is C15H17N3O2S. The van der Waals surface area contributed by atoms with E-state index in [0.29, 0.717) is 13.0 Å². The molecule has 0 radical (unpaired) electrons. The molecule has 1 amide bonds. The highest BCUT2D eigenvalue weighted by Gasteiger charge is 2.25. The molecule has 2 aromatic heterocycles. The predicted molar refractivity (Wildman–Crippen MR) is 81.4 cm³/mol. The Morgan fingerprint density at radius 1 is 1.48 bits per heavy atom. The number of nitrogens with one attached hydrogen (secondary N) is 1. The topological polar surface area (TPSA) is 66.1 Å². The summed E-state index contributed by atoms with van der Waals surface area (Å²) in [5, 5.41) is 4.00. The molecule has 0 spiro atoms. The number of aromatic nitrogens is 2. The van der Waals surface area contributed by atoms with E-state index in [9.17, 15) is 9.59 Å². The van der Waals surface area contributed by atoms with Crippen LogP contribution in [0.15, 0.2) is 33.9 Å². The Bertz CT molecular complexity index is 666. The Hall–Kier alpha value is -1.95. The lowest BCUT2D eigenvalue weighted by atomic mass is 9.94. The van der Waals surface area contributed by atoms with Gasteiger partial charge in [0.1, 0.15) is 0 Å². The van der Waals surface area contributed by atoms with Crippen molar-refractivity contribution in [3.63, 3.8) is 0 Å². The van der Waals surface area contributed by atoms with Crippen LogP contribution in [0.5, 0.6) is 0 Å². The Morgan fingerprint density at radius 3 is 3.14 bits per heavy atom. The summed E-state index contributed by atoms with van der Waals surface area (Å²) in [6.07, 6.45) is 3.94. The Kier molecular flexibility index (Phi) is 4.15. The molecule has 5 nitrogen and oxygen atoms in total. The smallest absolute Gasteiger partial charge is 0.342 e. The summed E-state index contributed by atoms with van der Waals surface area (Å²) in [6.45, 7) is 1.47. The van der Waals surface area contributed by atoms with Gasteiger partial charge in [0.15, 0.2) is 0 Å². The van der Waals surface area contributed by atoms with Crippen LogP contribution in [0.1, 0.15) is 30.0 Å². The quantitative estimate of drug-likeness (QED) is 0.940. The maximum absolute atomic E-state index is 12.4. The highest BCUT2D eigenvalue weighted by molar-refractivity contribution is 7.07. The number of aromatic amines is 1. The predicted octanol–water partition coefficient (Wildman–Crippen LogP) is 1.78. The van der Waals surface area contributed by atoms with Crippen molar-refractivity contribution in [1.82, 2.24) is 14.9 Å². The molecule has 1 fully saturated rings. The Labute approximate surface area is 126 Å². The van der Waals surface area contributed by atoms with Gasteiger partial charge in [-0.05, 0) is 41.3 Å². The first kappa shape index (κ1) is 14.0. The van der Waals surface area contributed by atoms with E-state index < -0.39 is 0 Å². The molecule has 0 saturated carbocycles. The summed E-state index contributed by atoms with van der Waals surface area (Å²) in [7, 11) is 0. The van der Waals surface area contributed by atoms with Crippen LogP contribution in [0.25, 0.3) is 0 Å². The monoisotopic (exact) mass is 303 g/mol. The highest BCUT2D eigenvalue weighted by Crippen LogP contribution is 2.25. The molecule has 3 rings (SSSR count). The maximum atomic E-state index is 12.4. The molecule has 21 heavy (non-hydrogen) atoms. The van der Waals surface area contributed by atoms with Gasteiger partial charge < -0.3 is 9.88 Å². The summed E-state index contributed by atoms with van der Waals surface area (Å²) in [5.41, 5.74) is 1.63. The molecular weight excluding hydrogens is 286 g/mol. The first-order valence-electron chi connectivity index (χ1n) is 7.06. The second-order valence-electron chi connectivity index (χ2n) is 5.32. The van der Waals surface area contributed by atoms with Crippen molar-refractivity contribution in [3.05, 3.63) is 50.8 Å². The van der Waals surface area contributed by atoms with Gasteiger partial charge in [0.25, 0.3) is 0 Å². The van der Waals surface area contributed by atoms with Gasteiger partial charge in [0.2, 0.25) is 5.91 Å². The van der Waals surface area contributed by atoms with Gasteiger partial charge in [-0.3, -0.25) is 4.79 Å². The molecule has 0 aromatic carbocycles. The van der Waals surface area contributed by atoms with Crippen molar-refractivity contribution >= 4 is 17.2 Å². The molecule has 1 atom stereocenters. The minimum absolute atomic E-state index is 0.162. The van der Waals surface area contributed by atoms with Crippen LogP contribution >= 0.6 is 11.3 Å². The lowest BCUT2D eigenvalue weighted by Crippen LogP contribution is -2.40. The summed E-state index contributed by atoms with van der Waals surface area (Å²) in [6, 6.07) is 3.82. The van der Waals surface area contributed by atoms with Gasteiger partial charge in [-0.2, -0.15) is 11.3 Å². The summed E-state index contributed by atoms with van der Waals surface area (Å²) in [4.78, 5) is 32.0. The number of nitrogens with zero attached hydrogens (tertiary/aromatic N) is 2. The molecule has 2 aromatic rings. The third-order valence-electron chi connectivity index (χ3n) is 3.85. The van der Waals surface area contributed by atoms with Crippen molar-refractivity contribution < 1.29 is 4.79 Å². The number of thiophene rings is 1. The molecule has 1 saturated heterocycles. The third kappa shape index (κ3) is 3.39. The number of piperidine rings is 1. The normalized spacial score (nSPS) is 18.7. The van der Waals surface area contributed by atoms with E-state index >= 15 is 0 Å². The van der Waals surface area contributed by atoms with E-state index in [0.717, 1.165) is 30.6 Å². The van der Waals surface area contributed by atoms with E-state index in [1.165, 1.54) is 6.20 Å². The standard InChI is InChI=1S/C15H17N3O2S/c19-14(8-11-4-7-21-10-11)18-6-1-2-12(9-18)13-3-5-16-15(20)17-13/h3-5,7,10,12H,1-2,6,8-9H2,(H,16,17,20)/t12-/m1/s1. The van der Waals surface area contributed by atoms with E-state index in [1.807, 2.05) is 27.8 Å². The van der Waals surface area contributed by atoms with Crippen LogP contribution in [-0.4, -0.2) is 33.9 Å². The first-order valence-corrected chi connectivity index (χ1v) is 8.01. The third-order valence-corrected chi connectivity index (χ3v) is 4.58. The lowest BCUT2D eigenvalue weighted by molar-refractivity contribution is -0.131. The van der Waals surface area contributed by atoms with Crippen molar-refractivity contribution in [2.24, 2.45) is 0 Å². The van der Waals surface area contributed by atoms with E-state index in [-0.39, 0.29) is 17.5 Å². The Morgan fingerprint density at radius 2 is 2.38 bits per heavy atom. The van der Waals surface area contributed by atoms with Gasteiger partial charge in [-0.1, -0.05) is 0 Å². The second kappa shape index (κ2) is 6.22. The van der Waals surface area contributed by atoms with Crippen LogP contribution in [0.4, 0.5) is 0 Å². The first-order chi connectivity index (χ1) is 10.2. The number of H-pyrrole nitrogens is 1. The average Bonchev–Trinajstić information content (AvgIpc) is 3.00. The van der Waals surface area contributed by atoms with Crippen molar-refractivity contribution in [2.75, 3.05) is 13.1 Å². The highest BCUT2D eigenvalue weighted by atomic mass is 32.1. The number of carbonyl (C=O) groups is 1. The van der Waals surface area contributed by atoms with Crippen LogP contribution in [0, 0.1) is 0 Å². The average molecular weight is 303 g/mol. The maximum Gasteiger partial charge on any atom is 0.345 e. The molecule has 0 unspecified atom stereocenters. The van der Waals surface area contributed by atoms with Crippen molar-refractivity contribution in [3.8, 4) is 0 Å². The number of hydrogen-bond donors (Lipinski definition) is 1. The van der Waals surface area contributed by atoms with Gasteiger partial charge in [-0.25, -0.2) is 9.78 Å². The molecule has 3 heterocycles. The lowest BCUT2D eigenvalue weighted by Gasteiger charge is -2.32. The van der Waals surface area contributed by atoms with Gasteiger partial charge >= 0.3 is 5.69 Å². The molecule has 6 heteroatoms. The van der Waals surface area contributed by atoms with Gasteiger partial charge in [0, 0.05) is 30.9 Å². The SMILES string of the molecule is O=C(Cc1ccsc1)N1CCC[C@@H](c2ccnc(=O)[nH]2)C1. The minimum atomic E-state index is -0.325. The number of amides is 1. The van der Waals surface area contributed by atoms with Crippen molar-refractivity contribution in [1.29, 1.82) is 0 Å². The van der Waals surface area contributed by atoms with E-state index in [2.05, 4.69) is 9.97 Å². The van der Waals surface area contributed by atoms with E-state index in [1.54, 1.807) is 11.3 Å². The van der Waals surface area contributed by atoms with Crippen molar-refractivity contribution in [2.45, 2.75) is 25.2 Å². The van der Waals surface area contributed by atoms with Crippen LogP contribution in [-0.2, 0) is 11.2 Å². The van der Waals surface area contributed by atoms with Crippen LogP contribution < -0.4 is 5.69 Å². The zero-order valence-corrected chi connectivity index (χ0v) is 12.4. The molecule has 1 aliphatic rings. The van der Waals surface area contributed by atoms with Gasteiger partial charge in [-0.15, -0.1) is 0 Å². The number of likely N-dealkylation sites (tertiary alicyclic amines) is 1. The summed E-state index contributed by atoms with van der Waals surface area (Å²) in [5.74, 6) is 0.357. The van der Waals surface area contributed by atoms with Gasteiger partial charge in [0.05, 0.1) is 6.42 Å². The molecule has 0 bridgehead atoms. The number of hydrogen-bond acceptors (Lipinski definition) is 4. The fourth-order valence-electron chi connectivity index (χ4n) is 2.76. The summed E-state index contributed by atoms with van der Waals surface area (Å²) >= 11 is 1.61. The zero-order chi connectivity index (χ0) is 14.7. The second-order valence-corrected chi connectivity index (χ2v) is 6.10. The minimum Gasteiger partial charge on any atom is -0.342 e. The molecule has 1 N–H and O–H groups in total. The van der Waals surface area contributed by atoms with Crippen LogP contribution in [0.2, 0.25) is 0 Å². The number of carbonyl (C=O) groups excluding carboxylic acids is 1. The summed E-state index contributed by atoms with van der Waals surface area (Å²) < 4.78 is 0. The van der Waals surface area contributed by atoms with Crippen LogP contribution in [0.3, 0.4) is 0 Å². The molecule has 1 aliphatic heterocycles. The largest absolute Gasteiger partial charge is 0.345 e.